The van der Waals surface area contributed by atoms with Gasteiger partial charge in [-0.25, -0.2) is 10.1 Å². The minimum atomic E-state index is -1.19. The van der Waals surface area contributed by atoms with Crippen molar-refractivity contribution < 1.29 is 9.51 Å². The Morgan fingerprint density at radius 3 is 2.58 bits per heavy atom. The van der Waals surface area contributed by atoms with Gasteiger partial charge in [0, 0.05) is 0 Å². The Balaban J connectivity index is 3.02. The van der Waals surface area contributed by atoms with Crippen molar-refractivity contribution in [3.05, 3.63) is 39.4 Å². The second kappa shape index (κ2) is 3.36. The van der Waals surface area contributed by atoms with Gasteiger partial charge >= 0.3 is 0 Å². The van der Waals surface area contributed by atoms with Crippen LogP contribution in [0, 0.1) is 10.1 Å². The number of hydrazine groups is 1. The number of para-hydroxylation sites is 1. The summed E-state index contributed by atoms with van der Waals surface area (Å²) in [6, 6.07) is 5.59. The Hall–Kier alpha value is -1.36. The van der Waals surface area contributed by atoms with Gasteiger partial charge < -0.3 is 0 Å². The molecule has 0 fully saturated rings. The Morgan fingerprint density at radius 1 is 1.50 bits per heavy atom. The van der Waals surface area contributed by atoms with Crippen molar-refractivity contribution >= 4 is 17.3 Å². The van der Waals surface area contributed by atoms with Gasteiger partial charge in [-0.1, -0.05) is 23.7 Å². The first-order valence-electron chi connectivity index (χ1n) is 2.97. The molecular weight excluding hydrogens is 187 g/mol. The molecule has 0 atom stereocenters. The van der Waals surface area contributed by atoms with E-state index in [-0.39, 0.29) is 10.7 Å². The van der Waals surface area contributed by atoms with Crippen LogP contribution in [0.5, 0.6) is 0 Å². The van der Waals surface area contributed by atoms with Gasteiger partial charge in [-0.3, -0.25) is 0 Å². The average Bonchev–Trinajstić information content (AvgIpc) is 2.04. The van der Waals surface area contributed by atoms with Gasteiger partial charge in [-0.2, -0.15) is 0 Å². The molecule has 1 rings (SSSR count). The number of halogens is 2. The minimum Gasteiger partial charge on any atom is -0.232 e. The van der Waals surface area contributed by atoms with Crippen LogP contribution in [0.3, 0.4) is 0 Å². The highest BCUT2D eigenvalue weighted by Gasteiger charge is 2.18. The first kappa shape index (κ1) is 8.73. The Kier molecular flexibility index (Phi) is 2.44. The minimum absolute atomic E-state index is 0.00306. The Bertz CT molecular complexity index is 307. The van der Waals surface area contributed by atoms with Gasteiger partial charge in [0.25, 0.3) is 0 Å². The first-order valence-corrected chi connectivity index (χ1v) is 3.35. The zero-order chi connectivity index (χ0) is 9.14. The summed E-state index contributed by atoms with van der Waals surface area (Å²) >= 11 is 5.48. The largest absolute Gasteiger partial charge is 0.232 e. The lowest BCUT2D eigenvalue weighted by molar-refractivity contribution is -0.525. The fraction of sp³-hybridized carbons (Fsp3) is 0. The van der Waals surface area contributed by atoms with Crippen molar-refractivity contribution in [3.8, 4) is 0 Å². The summed E-state index contributed by atoms with van der Waals surface area (Å²) in [5.74, 6) is 0. The molecule has 0 N–H and O–H groups in total. The molecule has 0 heterocycles. The van der Waals surface area contributed by atoms with Gasteiger partial charge in [0.2, 0.25) is 0 Å². The lowest BCUT2D eigenvalue weighted by Gasteiger charge is -2.03. The maximum atomic E-state index is 12.6. The molecule has 12 heavy (non-hydrogen) atoms. The molecule has 0 aliphatic heterocycles. The van der Waals surface area contributed by atoms with E-state index >= 15 is 0 Å². The summed E-state index contributed by atoms with van der Waals surface area (Å²) in [7, 11) is 0. The van der Waals surface area contributed by atoms with Crippen LogP contribution in [0.2, 0.25) is 5.02 Å². The molecule has 0 aromatic heterocycles. The zero-order valence-corrected chi connectivity index (χ0v) is 6.53. The van der Waals surface area contributed by atoms with E-state index in [2.05, 4.69) is 0 Å². The highest BCUT2D eigenvalue weighted by atomic mass is 35.5. The van der Waals surface area contributed by atoms with E-state index in [1.807, 2.05) is 0 Å². The number of benzene rings is 1. The normalized spacial score (nSPS) is 9.50. The number of nitrogens with zero attached hydrogens (tertiary/aromatic N) is 2. The van der Waals surface area contributed by atoms with Gasteiger partial charge in [0.15, 0.2) is 10.7 Å². The predicted molar refractivity (Wildman–Crippen MR) is 42.0 cm³/mol. The average molecular weight is 191 g/mol. The molecule has 1 aromatic carbocycles. The number of rotatable bonds is 2. The van der Waals surface area contributed by atoms with Crippen LogP contribution < -0.4 is 5.23 Å². The standard InChI is InChI=1S/C6H4ClFN2O2/c7-5-3-1-2-4-6(5)9(8)10(11)12/h1-4H. The second-order valence-corrected chi connectivity index (χ2v) is 2.36. The molecule has 0 aliphatic rings. The number of nitro groups is 1. The van der Waals surface area contributed by atoms with E-state index in [1.54, 1.807) is 6.07 Å². The summed E-state index contributed by atoms with van der Waals surface area (Å²) in [5.41, 5.74) is -0.274. The third-order valence-corrected chi connectivity index (χ3v) is 1.51. The third kappa shape index (κ3) is 1.62. The van der Waals surface area contributed by atoms with Crippen LogP contribution in [0.25, 0.3) is 0 Å². The number of anilines is 1. The van der Waals surface area contributed by atoms with Crippen molar-refractivity contribution in [2.24, 2.45) is 0 Å². The topological polar surface area (TPSA) is 46.4 Å². The van der Waals surface area contributed by atoms with E-state index in [9.17, 15) is 14.6 Å². The van der Waals surface area contributed by atoms with E-state index < -0.39 is 10.3 Å². The summed E-state index contributed by atoms with van der Waals surface area (Å²) in [5, 5.41) is 8.13. The Labute approximate surface area is 72.2 Å². The molecule has 64 valence electrons. The quantitative estimate of drug-likeness (QED) is 0.408. The van der Waals surface area contributed by atoms with Crippen molar-refractivity contribution in [1.29, 1.82) is 0 Å². The summed E-state index contributed by atoms with van der Waals surface area (Å²) in [6.45, 7) is 0. The zero-order valence-electron chi connectivity index (χ0n) is 5.78. The van der Waals surface area contributed by atoms with Crippen molar-refractivity contribution in [1.82, 2.24) is 0 Å². The summed E-state index contributed by atoms with van der Waals surface area (Å²) in [6.07, 6.45) is 0. The smallest absolute Gasteiger partial charge is 0.196 e. The molecular formula is C6H4ClFN2O2. The molecule has 4 nitrogen and oxygen atoms in total. The molecule has 0 saturated carbocycles. The third-order valence-electron chi connectivity index (χ3n) is 1.19. The molecule has 0 saturated heterocycles. The fourth-order valence-electron chi connectivity index (χ4n) is 0.689. The molecule has 1 aromatic rings. The van der Waals surface area contributed by atoms with Crippen molar-refractivity contribution in [2.45, 2.75) is 0 Å². The van der Waals surface area contributed by atoms with Gasteiger partial charge in [-0.15, -0.1) is 0 Å². The fourth-order valence-corrected chi connectivity index (χ4v) is 0.895. The van der Waals surface area contributed by atoms with E-state index in [1.165, 1.54) is 18.2 Å². The number of hydrogen-bond acceptors (Lipinski definition) is 2. The summed E-state index contributed by atoms with van der Waals surface area (Å²) < 4.78 is 12.6. The van der Waals surface area contributed by atoms with Crippen molar-refractivity contribution in [3.63, 3.8) is 0 Å². The van der Waals surface area contributed by atoms with E-state index in [0.29, 0.717) is 0 Å². The van der Waals surface area contributed by atoms with E-state index in [4.69, 9.17) is 11.6 Å². The maximum Gasteiger partial charge on any atom is 0.196 e. The highest BCUT2D eigenvalue weighted by Crippen LogP contribution is 2.24. The monoisotopic (exact) mass is 190 g/mol. The first-order chi connectivity index (χ1) is 5.63. The lowest BCUT2D eigenvalue weighted by atomic mass is 10.3. The van der Waals surface area contributed by atoms with Crippen LogP contribution in [-0.2, 0) is 0 Å². The second-order valence-electron chi connectivity index (χ2n) is 1.95. The Morgan fingerprint density at radius 2 is 2.08 bits per heavy atom. The highest BCUT2D eigenvalue weighted by molar-refractivity contribution is 6.33. The summed E-state index contributed by atoms with van der Waals surface area (Å²) in [4.78, 5) is 9.95. The van der Waals surface area contributed by atoms with Crippen LogP contribution >= 0.6 is 11.6 Å². The predicted octanol–water partition coefficient (Wildman–Crippen LogP) is 2.22. The molecule has 0 radical (unpaired) electrons. The van der Waals surface area contributed by atoms with Gasteiger partial charge in [-0.05, 0) is 16.6 Å². The maximum absolute atomic E-state index is 12.6. The SMILES string of the molecule is O=[N+]([O-])N(F)c1ccccc1Cl. The van der Waals surface area contributed by atoms with Crippen LogP contribution in [0.4, 0.5) is 10.2 Å². The molecule has 0 bridgehead atoms. The molecule has 6 heteroatoms. The van der Waals surface area contributed by atoms with Crippen LogP contribution in [0.15, 0.2) is 24.3 Å². The van der Waals surface area contributed by atoms with Crippen LogP contribution in [0.1, 0.15) is 0 Å². The molecule has 0 spiro atoms. The molecule has 0 aliphatic carbocycles. The molecule has 0 unspecified atom stereocenters. The number of hydrogen-bond donors (Lipinski definition) is 0. The van der Waals surface area contributed by atoms with Crippen molar-refractivity contribution in [2.75, 3.05) is 5.23 Å². The van der Waals surface area contributed by atoms with E-state index in [0.717, 1.165) is 0 Å². The lowest BCUT2D eigenvalue weighted by Crippen LogP contribution is -2.19. The van der Waals surface area contributed by atoms with Gasteiger partial charge in [0.1, 0.15) is 0 Å². The van der Waals surface area contributed by atoms with Crippen LogP contribution in [-0.4, -0.2) is 5.03 Å². The molecule has 0 amide bonds. The van der Waals surface area contributed by atoms with Gasteiger partial charge in [0.05, 0.1) is 10.3 Å².